The molecule has 7 aromatic rings. The Morgan fingerprint density at radius 1 is 0.620 bits per heavy atom. The number of imidazole rings is 1. The summed E-state index contributed by atoms with van der Waals surface area (Å²) >= 11 is 2.05. The Hall–Kier alpha value is -8.47. The largest absolute Gasteiger partial charge is 0.497 e. The smallest absolute Gasteiger partial charge is 0.296 e. The minimum atomic E-state index is -4.94. The normalized spacial score (nSPS) is 12.7. The predicted octanol–water partition coefficient (Wildman–Crippen LogP) is 11.2. The first kappa shape index (κ1) is 71.0. The molecule has 0 fully saturated rings. The molecule has 488 valence electrons. The first-order chi connectivity index (χ1) is 43.0. The molecule has 0 aliphatic heterocycles. The number of fused-ring (bicyclic) bond motifs is 3. The average molecular weight is 1400 g/mol. The highest BCUT2D eigenvalue weighted by Crippen LogP contribution is 2.46. The highest BCUT2D eigenvalue weighted by Gasteiger charge is 2.27. The molecule has 5 aromatic carbocycles. The van der Waals surface area contributed by atoms with Crippen molar-refractivity contribution in [3.05, 3.63) is 89.5 Å². The van der Waals surface area contributed by atoms with Crippen molar-refractivity contribution in [1.82, 2.24) is 9.38 Å². The van der Waals surface area contributed by atoms with Crippen molar-refractivity contribution >= 4 is 159 Å². The van der Waals surface area contributed by atoms with Crippen molar-refractivity contribution in [1.29, 1.82) is 5.26 Å². The van der Waals surface area contributed by atoms with E-state index in [1.54, 1.807) is 6.92 Å². The summed E-state index contributed by atoms with van der Waals surface area (Å²) in [5.74, 6) is -3.97. The second-order valence-corrected chi connectivity index (χ2v) is 29.2. The lowest BCUT2D eigenvalue weighted by atomic mass is 10.1. The molecule has 7 rings (SSSR count). The van der Waals surface area contributed by atoms with Crippen LogP contribution < -0.4 is 20.1 Å². The van der Waals surface area contributed by atoms with Crippen LogP contribution in [0, 0.1) is 25.2 Å². The van der Waals surface area contributed by atoms with Crippen LogP contribution in [0.4, 0.5) is 56.9 Å². The number of aryl methyl sites for hydroxylation is 1. The highest BCUT2D eigenvalue weighted by molar-refractivity contribution is 7.99. The van der Waals surface area contributed by atoms with Crippen LogP contribution in [0.5, 0.6) is 17.4 Å². The lowest BCUT2D eigenvalue weighted by molar-refractivity contribution is -0.115. The number of benzene rings is 5. The number of ether oxygens (including phenoxy) is 2. The Morgan fingerprint density at radius 3 is 1.61 bits per heavy atom. The van der Waals surface area contributed by atoms with E-state index in [0.29, 0.717) is 5.56 Å². The number of pyridine rings is 1. The molecule has 0 aliphatic carbocycles. The van der Waals surface area contributed by atoms with Gasteiger partial charge in [-0.15, -0.1) is 54.2 Å². The molecule has 33 nitrogen and oxygen atoms in total. The minimum absolute atomic E-state index is 0.0154. The second-order valence-electron chi connectivity index (χ2n) is 19.4. The molecule has 0 saturated carbocycles. The van der Waals surface area contributed by atoms with Gasteiger partial charge in [0, 0.05) is 47.4 Å². The number of methoxy groups -OCH3 is 1. The number of rotatable bonds is 28. The summed E-state index contributed by atoms with van der Waals surface area (Å²) < 4.78 is 178. The molecular weight excluding hydrogens is 1350 g/mol. The number of hydrogen-bond donors (Lipinski definition) is 8. The first-order valence-electron chi connectivity index (χ1n) is 26.2. The number of anilines is 2. The van der Waals surface area contributed by atoms with Gasteiger partial charge in [-0.05, 0) is 105 Å². The highest BCUT2D eigenvalue weighted by atomic mass is 32.2. The van der Waals surface area contributed by atoms with Gasteiger partial charge in [-0.3, -0.25) is 36.8 Å². The number of hydrogen-bond acceptors (Lipinski definition) is 27. The van der Waals surface area contributed by atoms with Crippen molar-refractivity contribution in [3.63, 3.8) is 0 Å². The van der Waals surface area contributed by atoms with Crippen LogP contribution in [0.2, 0.25) is 0 Å². The van der Waals surface area contributed by atoms with E-state index in [4.69, 9.17) is 9.47 Å². The number of azo groups is 4. The van der Waals surface area contributed by atoms with Crippen LogP contribution in [0.15, 0.2) is 133 Å². The fourth-order valence-corrected chi connectivity index (χ4v) is 13.1. The van der Waals surface area contributed by atoms with Gasteiger partial charge < -0.3 is 25.2 Å². The summed E-state index contributed by atoms with van der Waals surface area (Å²) in [4.78, 5) is 29.0. The van der Waals surface area contributed by atoms with E-state index in [9.17, 15) is 84.8 Å². The zero-order valence-corrected chi connectivity index (χ0v) is 54.2. The van der Waals surface area contributed by atoms with Crippen LogP contribution in [-0.2, 0) is 60.2 Å². The van der Waals surface area contributed by atoms with Crippen LogP contribution in [0.1, 0.15) is 49.8 Å². The number of nitriles is 1. The summed E-state index contributed by atoms with van der Waals surface area (Å²) in [6.45, 7) is 4.98. The minimum Gasteiger partial charge on any atom is -0.497 e. The zero-order chi connectivity index (χ0) is 67.7. The van der Waals surface area contributed by atoms with Gasteiger partial charge in [-0.1, -0.05) is 0 Å². The van der Waals surface area contributed by atoms with Gasteiger partial charge in [-0.2, -0.15) is 57.6 Å². The maximum Gasteiger partial charge on any atom is 0.296 e. The van der Waals surface area contributed by atoms with Crippen molar-refractivity contribution in [2.24, 2.45) is 40.9 Å². The third-order valence-electron chi connectivity index (χ3n) is 12.4. The lowest BCUT2D eigenvalue weighted by Crippen LogP contribution is -2.08. The van der Waals surface area contributed by atoms with Gasteiger partial charge in [0.1, 0.15) is 62.0 Å². The topological polar surface area (TPSA) is 509 Å². The van der Waals surface area contributed by atoms with Crippen LogP contribution >= 0.6 is 23.5 Å². The molecular formula is C52H53N13O20S7. The lowest BCUT2D eigenvalue weighted by Gasteiger charge is -2.13. The second kappa shape index (κ2) is 29.4. The number of amides is 2. The van der Waals surface area contributed by atoms with Crippen LogP contribution in [0.3, 0.4) is 0 Å². The molecule has 0 spiro atoms. The molecule has 0 radical (unpaired) electrons. The molecule has 0 saturated heterocycles. The van der Waals surface area contributed by atoms with E-state index in [1.807, 2.05) is 6.07 Å². The molecule has 92 heavy (non-hydrogen) atoms. The van der Waals surface area contributed by atoms with Gasteiger partial charge in [-0.25, -0.2) is 4.98 Å². The van der Waals surface area contributed by atoms with Gasteiger partial charge in [0.25, 0.3) is 50.6 Å². The maximum absolute atomic E-state index is 12.8. The fraction of sp³-hybridized carbons (Fsp3) is 0.269. The van der Waals surface area contributed by atoms with Gasteiger partial charge in [0.05, 0.1) is 64.1 Å². The number of carbonyl (C=O) groups is 2. The standard InChI is InChI=1S/C52H53N13O20S7/c1-28-19-41(61-64-49-29(2)35(27-53)51-56-50-44(65(51)52(49)68)20-33(84-5)21-48(50)92(81,82)83)45(85-13-6-16-88(69,70)71)24-36(28)58-62-42-23-38(55-31(4)67)40(26-47(42)87-15-8-18-90(75,76)77)60-63-43-22-37(54-30(3)66)39(25-46(43)86-14-7-17-89(72,73)74)59-57-32-9-11-34(12-10-32)91(78,79)80/h9-12,19-26,68H,6-8,13-18H2,1-5H3,(H,54,66)(H,55,67)(H,69,70,71)(H,72,73,74)(H,75,76,77)(H,78,79,80)(H,81,82,83). The van der Waals surface area contributed by atoms with Crippen molar-refractivity contribution in [2.45, 2.75) is 66.5 Å². The van der Waals surface area contributed by atoms with Crippen molar-refractivity contribution in [2.75, 3.05) is 53.1 Å². The van der Waals surface area contributed by atoms with Crippen molar-refractivity contribution in [3.8, 4) is 23.4 Å². The molecule has 8 N–H and O–H groups in total. The maximum atomic E-state index is 12.8. The van der Waals surface area contributed by atoms with E-state index < -0.39 is 95.3 Å². The molecule has 0 bridgehead atoms. The Labute approximate surface area is 533 Å². The van der Waals surface area contributed by atoms with Crippen molar-refractivity contribution < 1.29 is 89.0 Å². The van der Waals surface area contributed by atoms with Crippen LogP contribution in [0.25, 0.3) is 16.7 Å². The fourth-order valence-electron chi connectivity index (χ4n) is 8.23. The number of carbonyl (C=O) groups excluding carboxylic acids is 2. The van der Waals surface area contributed by atoms with E-state index in [2.05, 4.69) is 56.5 Å². The monoisotopic (exact) mass is 1400 g/mol. The third kappa shape index (κ3) is 19.3. The Kier molecular flexibility index (Phi) is 22.7. The summed E-state index contributed by atoms with van der Waals surface area (Å²) in [6.07, 6.45) is -0.396. The van der Waals surface area contributed by atoms with Gasteiger partial charge in [0.15, 0.2) is 11.3 Å². The number of nitrogens with one attached hydrogen (secondary N) is 2. The van der Waals surface area contributed by atoms with Gasteiger partial charge in [0.2, 0.25) is 17.7 Å². The third-order valence-corrected chi connectivity index (χ3v) is 18.8. The molecule has 2 amide bonds. The Bertz CT molecular complexity index is 4850. The van der Waals surface area contributed by atoms with E-state index >= 15 is 0 Å². The average Bonchev–Trinajstić information content (AvgIpc) is 1.55. The Morgan fingerprint density at radius 2 is 1.12 bits per heavy atom. The zero-order valence-electron chi connectivity index (χ0n) is 48.5. The van der Waals surface area contributed by atoms with E-state index in [0.717, 1.165) is 46.1 Å². The molecule has 40 heteroatoms. The summed E-state index contributed by atoms with van der Waals surface area (Å²) in [5.41, 5.74) is -0.734. The molecule has 2 aromatic heterocycles. The first-order valence-corrected chi connectivity index (χ1v) is 35.9. The summed E-state index contributed by atoms with van der Waals surface area (Å²) in [6, 6.07) is 17.1. The number of aromatic nitrogens is 2. The van der Waals surface area contributed by atoms with E-state index in [1.165, 1.54) is 82.5 Å². The number of thioether (sulfide) groups is 2. The molecule has 0 aliphatic rings. The summed E-state index contributed by atoms with van der Waals surface area (Å²) in [5, 5.41) is 62.1. The Balaban J connectivity index is 1.34. The van der Waals surface area contributed by atoms with Crippen LogP contribution in [-0.4, -0.2) is 134 Å². The summed E-state index contributed by atoms with van der Waals surface area (Å²) in [7, 11) is -21.5. The number of aromatic hydroxyl groups is 1. The number of nitrogens with zero attached hydrogens (tertiary/aromatic N) is 11. The molecule has 2 heterocycles. The van der Waals surface area contributed by atoms with E-state index in [-0.39, 0.29) is 143 Å². The van der Waals surface area contributed by atoms with Gasteiger partial charge >= 0.3 is 0 Å². The predicted molar refractivity (Wildman–Crippen MR) is 336 cm³/mol. The molecule has 0 unspecified atom stereocenters. The quantitative estimate of drug-likeness (QED) is 0.00977. The SMILES string of the molecule is COc1cc(S(=O)(=O)O)c2nc3c(C#N)c(C)c(N=Nc4cc(C)c(N=Nc5cc(NC(C)=O)c(N=Nc6cc(NC(C)=O)c(N=Nc7ccc(S(=O)(=O)O)cc7)cc6SCCCS(=O)(=O)O)cc5SCCCS(=O)(=O)O)cc4OCCCS(=O)(=O)O)c(O)n3c2c1. The molecule has 0 atom stereocenters.